The average Bonchev–Trinajstić information content (AvgIpc) is 2.69. The van der Waals surface area contributed by atoms with Crippen LogP contribution in [0.5, 0.6) is 0 Å². The Morgan fingerprint density at radius 3 is 2.71 bits per heavy atom. The number of nitrogens with zero attached hydrogens (tertiary/aromatic N) is 3. The van der Waals surface area contributed by atoms with Crippen molar-refractivity contribution in [1.82, 2.24) is 14.8 Å². The van der Waals surface area contributed by atoms with E-state index in [1.165, 1.54) is 0 Å². The Morgan fingerprint density at radius 1 is 1.35 bits per heavy atom. The lowest BCUT2D eigenvalue weighted by molar-refractivity contribution is 0.880. The molecular weight excluding hydrogens is 282 g/mol. The van der Waals surface area contributed by atoms with Gasteiger partial charge >= 0.3 is 0 Å². The van der Waals surface area contributed by atoms with E-state index in [4.69, 9.17) is 5.73 Å². The third-order valence-electron chi connectivity index (χ3n) is 2.24. The van der Waals surface area contributed by atoms with Crippen molar-refractivity contribution in [2.45, 2.75) is 13.3 Å². The molecule has 1 heterocycles. The number of anilines is 2. The van der Waals surface area contributed by atoms with Gasteiger partial charge in [-0.2, -0.15) is 9.67 Å². The molecule has 0 saturated carbocycles. The number of nitrogens with one attached hydrogen (secondary N) is 1. The highest BCUT2D eigenvalue weighted by Crippen LogP contribution is 2.16. The smallest absolute Gasteiger partial charge is 0.244 e. The minimum absolute atomic E-state index is 0.380. The first-order valence-electron chi connectivity index (χ1n) is 5.43. The SMILES string of the molecule is CCCNc1nc(N)n(-c2ccc(Br)cc2)n1. The quantitative estimate of drug-likeness (QED) is 0.909. The predicted octanol–water partition coefficient (Wildman–Crippen LogP) is 2.43. The normalized spacial score (nSPS) is 10.5. The van der Waals surface area contributed by atoms with E-state index >= 15 is 0 Å². The molecule has 0 bridgehead atoms. The summed E-state index contributed by atoms with van der Waals surface area (Å²) in [4.78, 5) is 4.15. The minimum atomic E-state index is 0.380. The van der Waals surface area contributed by atoms with Crippen molar-refractivity contribution in [2.24, 2.45) is 0 Å². The van der Waals surface area contributed by atoms with Crippen molar-refractivity contribution in [3.8, 4) is 5.69 Å². The van der Waals surface area contributed by atoms with Gasteiger partial charge < -0.3 is 11.1 Å². The molecule has 0 spiro atoms. The van der Waals surface area contributed by atoms with Gasteiger partial charge in [0, 0.05) is 11.0 Å². The van der Waals surface area contributed by atoms with Crippen LogP contribution in [0.4, 0.5) is 11.9 Å². The van der Waals surface area contributed by atoms with Gasteiger partial charge in [0.25, 0.3) is 0 Å². The molecule has 0 aliphatic heterocycles. The number of nitrogens with two attached hydrogens (primary N) is 1. The first-order valence-corrected chi connectivity index (χ1v) is 6.22. The largest absolute Gasteiger partial charge is 0.368 e. The monoisotopic (exact) mass is 295 g/mol. The fraction of sp³-hybridized carbons (Fsp3) is 0.273. The Balaban J connectivity index is 2.26. The summed E-state index contributed by atoms with van der Waals surface area (Å²) >= 11 is 3.39. The third-order valence-corrected chi connectivity index (χ3v) is 2.77. The summed E-state index contributed by atoms with van der Waals surface area (Å²) in [5.41, 5.74) is 6.71. The van der Waals surface area contributed by atoms with Crippen LogP contribution < -0.4 is 11.1 Å². The van der Waals surface area contributed by atoms with E-state index < -0.39 is 0 Å². The Bertz CT molecular complexity index is 491. The molecule has 0 aliphatic carbocycles. The highest BCUT2D eigenvalue weighted by molar-refractivity contribution is 9.10. The minimum Gasteiger partial charge on any atom is -0.368 e. The number of hydrogen-bond acceptors (Lipinski definition) is 4. The lowest BCUT2D eigenvalue weighted by atomic mass is 10.3. The molecule has 0 fully saturated rings. The van der Waals surface area contributed by atoms with Crippen molar-refractivity contribution < 1.29 is 0 Å². The van der Waals surface area contributed by atoms with Gasteiger partial charge in [-0.1, -0.05) is 22.9 Å². The summed E-state index contributed by atoms with van der Waals surface area (Å²) in [5.74, 6) is 0.943. The van der Waals surface area contributed by atoms with E-state index in [2.05, 4.69) is 38.3 Å². The molecule has 0 atom stereocenters. The molecule has 0 unspecified atom stereocenters. The lowest BCUT2D eigenvalue weighted by Gasteiger charge is -2.01. The van der Waals surface area contributed by atoms with Gasteiger partial charge in [-0.05, 0) is 30.7 Å². The van der Waals surface area contributed by atoms with Crippen LogP contribution in [0.3, 0.4) is 0 Å². The third kappa shape index (κ3) is 2.76. The second kappa shape index (κ2) is 5.18. The van der Waals surface area contributed by atoms with Crippen LogP contribution in [-0.2, 0) is 0 Å². The molecule has 0 amide bonds. The van der Waals surface area contributed by atoms with Crippen LogP contribution in [0.1, 0.15) is 13.3 Å². The van der Waals surface area contributed by atoms with Crippen LogP contribution >= 0.6 is 15.9 Å². The van der Waals surface area contributed by atoms with Gasteiger partial charge in [0.2, 0.25) is 11.9 Å². The number of aromatic nitrogens is 3. The first-order chi connectivity index (χ1) is 8.20. The summed E-state index contributed by atoms with van der Waals surface area (Å²) in [6.07, 6.45) is 1.02. The molecule has 0 aliphatic rings. The maximum absolute atomic E-state index is 5.82. The summed E-state index contributed by atoms with van der Waals surface area (Å²) in [6, 6.07) is 7.74. The molecule has 2 rings (SSSR count). The number of nitrogen functional groups attached to an aromatic ring is 1. The van der Waals surface area contributed by atoms with Gasteiger partial charge in [-0.15, -0.1) is 5.10 Å². The Kier molecular flexibility index (Phi) is 3.63. The standard InChI is InChI=1S/C11H14BrN5/c1-2-7-14-11-15-10(13)17(16-11)9-5-3-8(12)4-6-9/h3-6H,2,7H2,1H3,(H3,13,14,15,16). The first kappa shape index (κ1) is 11.9. The fourth-order valence-electron chi connectivity index (χ4n) is 1.41. The maximum atomic E-state index is 5.82. The van der Waals surface area contributed by atoms with Crippen molar-refractivity contribution in [1.29, 1.82) is 0 Å². The molecule has 0 radical (unpaired) electrons. The van der Waals surface area contributed by atoms with Crippen LogP contribution in [0.15, 0.2) is 28.7 Å². The average molecular weight is 296 g/mol. The van der Waals surface area contributed by atoms with Gasteiger partial charge in [0.1, 0.15) is 0 Å². The Morgan fingerprint density at radius 2 is 2.06 bits per heavy atom. The second-order valence-electron chi connectivity index (χ2n) is 3.61. The van der Waals surface area contributed by atoms with E-state index in [1.54, 1.807) is 4.68 Å². The Labute approximate surface area is 108 Å². The molecule has 1 aromatic heterocycles. The Hall–Kier alpha value is -1.56. The molecule has 90 valence electrons. The van der Waals surface area contributed by atoms with Crippen LogP contribution in [0, 0.1) is 0 Å². The number of benzene rings is 1. The van der Waals surface area contributed by atoms with Crippen molar-refractivity contribution in [2.75, 3.05) is 17.6 Å². The van der Waals surface area contributed by atoms with Crippen LogP contribution in [0.25, 0.3) is 5.69 Å². The van der Waals surface area contributed by atoms with E-state index in [0.717, 1.165) is 23.1 Å². The number of hydrogen-bond donors (Lipinski definition) is 2. The summed E-state index contributed by atoms with van der Waals surface area (Å²) in [7, 11) is 0. The zero-order valence-corrected chi connectivity index (χ0v) is 11.1. The lowest BCUT2D eigenvalue weighted by Crippen LogP contribution is -2.03. The summed E-state index contributed by atoms with van der Waals surface area (Å²) in [5, 5.41) is 7.41. The predicted molar refractivity (Wildman–Crippen MR) is 72.3 cm³/mol. The number of rotatable bonds is 4. The molecule has 2 aromatic rings. The van der Waals surface area contributed by atoms with Gasteiger partial charge in [-0.25, -0.2) is 0 Å². The van der Waals surface area contributed by atoms with Crippen LogP contribution in [0.2, 0.25) is 0 Å². The molecule has 5 nitrogen and oxygen atoms in total. The topological polar surface area (TPSA) is 68.8 Å². The molecule has 1 aromatic carbocycles. The van der Waals surface area contributed by atoms with Gasteiger partial charge in [0.15, 0.2) is 0 Å². The van der Waals surface area contributed by atoms with E-state index in [9.17, 15) is 0 Å². The zero-order valence-electron chi connectivity index (χ0n) is 9.52. The van der Waals surface area contributed by atoms with E-state index in [-0.39, 0.29) is 0 Å². The zero-order chi connectivity index (χ0) is 12.3. The van der Waals surface area contributed by atoms with Gasteiger partial charge in [-0.3, -0.25) is 0 Å². The molecule has 3 N–H and O–H groups in total. The van der Waals surface area contributed by atoms with Crippen molar-refractivity contribution in [3.05, 3.63) is 28.7 Å². The number of halogens is 1. The fourth-order valence-corrected chi connectivity index (χ4v) is 1.67. The highest BCUT2D eigenvalue weighted by Gasteiger charge is 2.07. The molecule has 0 saturated heterocycles. The van der Waals surface area contributed by atoms with Gasteiger partial charge in [0.05, 0.1) is 5.69 Å². The summed E-state index contributed by atoms with van der Waals surface area (Å²) < 4.78 is 2.63. The molecule has 6 heteroatoms. The second-order valence-corrected chi connectivity index (χ2v) is 4.52. The molecular formula is C11H14BrN5. The van der Waals surface area contributed by atoms with Crippen molar-refractivity contribution >= 4 is 27.8 Å². The van der Waals surface area contributed by atoms with E-state index in [1.807, 2.05) is 24.3 Å². The van der Waals surface area contributed by atoms with E-state index in [0.29, 0.717) is 11.9 Å². The summed E-state index contributed by atoms with van der Waals surface area (Å²) in [6.45, 7) is 2.92. The van der Waals surface area contributed by atoms with Crippen LogP contribution in [-0.4, -0.2) is 21.3 Å². The maximum Gasteiger partial charge on any atom is 0.244 e. The van der Waals surface area contributed by atoms with Crippen molar-refractivity contribution in [3.63, 3.8) is 0 Å². The highest BCUT2D eigenvalue weighted by atomic mass is 79.9. The molecule has 17 heavy (non-hydrogen) atoms.